The predicted octanol–water partition coefficient (Wildman–Crippen LogP) is 4.23. The van der Waals surface area contributed by atoms with Gasteiger partial charge in [-0.2, -0.15) is 5.26 Å². The van der Waals surface area contributed by atoms with E-state index in [0.717, 1.165) is 72.9 Å². The highest BCUT2D eigenvalue weighted by molar-refractivity contribution is 5.96. The molecule has 7 heteroatoms. The van der Waals surface area contributed by atoms with Gasteiger partial charge in [-0.3, -0.25) is 15.6 Å². The molecule has 1 aliphatic rings. The summed E-state index contributed by atoms with van der Waals surface area (Å²) in [5, 5.41) is 20.2. The van der Waals surface area contributed by atoms with Gasteiger partial charge in [0.15, 0.2) is 0 Å². The summed E-state index contributed by atoms with van der Waals surface area (Å²) >= 11 is 0. The predicted molar refractivity (Wildman–Crippen MR) is 120 cm³/mol. The van der Waals surface area contributed by atoms with Crippen molar-refractivity contribution in [1.29, 1.82) is 5.26 Å². The average Bonchev–Trinajstić information content (AvgIpc) is 3.12. The fraction of sp³-hybridized carbons (Fsp3) is 0.375. The Hall–Kier alpha value is -3.05. The topological polar surface area (TPSA) is 82.7 Å². The third-order valence-corrected chi connectivity index (χ3v) is 5.76. The molecule has 4 rings (SSSR count). The molecule has 0 spiro atoms. The van der Waals surface area contributed by atoms with Crippen LogP contribution in [0.5, 0.6) is 5.75 Å². The Morgan fingerprint density at radius 2 is 1.90 bits per heavy atom. The third kappa shape index (κ3) is 4.10. The fourth-order valence-corrected chi connectivity index (χ4v) is 4.28. The van der Waals surface area contributed by atoms with Crippen molar-refractivity contribution in [3.05, 3.63) is 47.5 Å². The SMILES string of the molecule is CCOc1cc2c(cc1CN1CCOCC1)c(C#N)c(-c1ccc(NO)cc1)n2CC. The number of aryl methyl sites for hydroxylation is 1. The molecule has 1 aliphatic heterocycles. The van der Waals surface area contributed by atoms with Gasteiger partial charge >= 0.3 is 0 Å². The van der Waals surface area contributed by atoms with E-state index in [4.69, 9.17) is 14.7 Å². The van der Waals surface area contributed by atoms with Crippen LogP contribution in [0.3, 0.4) is 0 Å². The van der Waals surface area contributed by atoms with Crippen LogP contribution < -0.4 is 10.2 Å². The number of nitrogens with zero attached hydrogens (tertiary/aromatic N) is 3. The summed E-state index contributed by atoms with van der Waals surface area (Å²) in [6.07, 6.45) is 0. The van der Waals surface area contributed by atoms with Gasteiger partial charge in [0, 0.05) is 43.2 Å². The zero-order chi connectivity index (χ0) is 21.8. The highest BCUT2D eigenvalue weighted by atomic mass is 16.5. The molecule has 2 N–H and O–H groups in total. The second kappa shape index (κ2) is 9.40. The first-order valence-corrected chi connectivity index (χ1v) is 10.7. The van der Waals surface area contributed by atoms with Crippen LogP contribution in [0.25, 0.3) is 22.2 Å². The molecule has 31 heavy (non-hydrogen) atoms. The first-order chi connectivity index (χ1) is 15.2. The van der Waals surface area contributed by atoms with Gasteiger partial charge in [-0.05, 0) is 37.6 Å². The summed E-state index contributed by atoms with van der Waals surface area (Å²) in [6, 6.07) is 14.1. The number of anilines is 1. The van der Waals surface area contributed by atoms with Crippen LogP contribution in [0, 0.1) is 11.3 Å². The molecule has 1 aromatic heterocycles. The maximum absolute atomic E-state index is 10.1. The Morgan fingerprint density at radius 1 is 1.16 bits per heavy atom. The summed E-state index contributed by atoms with van der Waals surface area (Å²) in [5.41, 5.74) is 7.32. The van der Waals surface area contributed by atoms with Crippen molar-refractivity contribution in [2.24, 2.45) is 0 Å². The van der Waals surface area contributed by atoms with Crippen molar-refractivity contribution in [3.63, 3.8) is 0 Å². The third-order valence-electron chi connectivity index (χ3n) is 5.76. The quantitative estimate of drug-likeness (QED) is 0.557. The number of benzene rings is 2. The van der Waals surface area contributed by atoms with Crippen molar-refractivity contribution >= 4 is 16.6 Å². The van der Waals surface area contributed by atoms with Gasteiger partial charge in [0.2, 0.25) is 0 Å². The lowest BCUT2D eigenvalue weighted by atomic mass is 10.0. The first-order valence-electron chi connectivity index (χ1n) is 10.7. The first kappa shape index (κ1) is 21.2. The number of ether oxygens (including phenoxy) is 2. The van der Waals surface area contributed by atoms with Gasteiger partial charge in [0.1, 0.15) is 11.8 Å². The van der Waals surface area contributed by atoms with Crippen LogP contribution in [0.2, 0.25) is 0 Å². The lowest BCUT2D eigenvalue weighted by Gasteiger charge is -2.27. The van der Waals surface area contributed by atoms with Crippen LogP contribution in [0.4, 0.5) is 5.69 Å². The Balaban J connectivity index is 1.87. The average molecular weight is 421 g/mol. The van der Waals surface area contributed by atoms with Gasteiger partial charge in [-0.25, -0.2) is 0 Å². The molecule has 2 heterocycles. The van der Waals surface area contributed by atoms with Gasteiger partial charge in [0.25, 0.3) is 0 Å². The van der Waals surface area contributed by atoms with E-state index in [-0.39, 0.29) is 0 Å². The van der Waals surface area contributed by atoms with Crippen molar-refractivity contribution in [3.8, 4) is 23.1 Å². The van der Waals surface area contributed by atoms with Crippen LogP contribution in [-0.4, -0.2) is 47.6 Å². The molecule has 2 aromatic carbocycles. The molecule has 0 saturated carbocycles. The molecule has 1 fully saturated rings. The summed E-state index contributed by atoms with van der Waals surface area (Å²) in [4.78, 5) is 2.36. The van der Waals surface area contributed by atoms with E-state index < -0.39 is 0 Å². The smallest absolute Gasteiger partial charge is 0.125 e. The highest BCUT2D eigenvalue weighted by Crippen LogP contribution is 2.37. The Morgan fingerprint density at radius 3 is 2.52 bits per heavy atom. The summed E-state index contributed by atoms with van der Waals surface area (Å²) < 4.78 is 13.7. The number of fused-ring (bicyclic) bond motifs is 1. The minimum atomic E-state index is 0.585. The highest BCUT2D eigenvalue weighted by Gasteiger charge is 2.22. The number of morpholine rings is 1. The Kier molecular flexibility index (Phi) is 6.42. The van der Waals surface area contributed by atoms with E-state index in [9.17, 15) is 5.26 Å². The Bertz CT molecular complexity index is 1090. The van der Waals surface area contributed by atoms with Gasteiger partial charge in [-0.15, -0.1) is 0 Å². The number of hydrogen-bond donors (Lipinski definition) is 2. The summed E-state index contributed by atoms with van der Waals surface area (Å²) in [5.74, 6) is 0.865. The van der Waals surface area contributed by atoms with Gasteiger partial charge in [-0.1, -0.05) is 12.1 Å². The molecule has 0 unspecified atom stereocenters. The second-order valence-electron chi connectivity index (χ2n) is 7.57. The molecule has 0 amide bonds. The summed E-state index contributed by atoms with van der Waals surface area (Å²) in [6.45, 7) is 9.41. The summed E-state index contributed by atoms with van der Waals surface area (Å²) in [7, 11) is 0. The minimum absolute atomic E-state index is 0.585. The zero-order valence-corrected chi connectivity index (χ0v) is 18.0. The van der Waals surface area contributed by atoms with Crippen molar-refractivity contribution in [1.82, 2.24) is 9.47 Å². The fourth-order valence-electron chi connectivity index (χ4n) is 4.28. The van der Waals surface area contributed by atoms with Gasteiger partial charge < -0.3 is 14.0 Å². The number of hydrogen-bond acceptors (Lipinski definition) is 6. The number of nitriles is 1. The maximum atomic E-state index is 10.1. The molecular formula is C24H28N4O3. The van der Waals surface area contributed by atoms with E-state index in [1.165, 1.54) is 0 Å². The van der Waals surface area contributed by atoms with E-state index in [2.05, 4.69) is 40.1 Å². The minimum Gasteiger partial charge on any atom is -0.493 e. The second-order valence-corrected chi connectivity index (χ2v) is 7.57. The van der Waals surface area contributed by atoms with E-state index >= 15 is 0 Å². The Labute approximate surface area is 182 Å². The molecule has 0 atom stereocenters. The molecule has 7 nitrogen and oxygen atoms in total. The molecule has 0 aliphatic carbocycles. The van der Waals surface area contributed by atoms with Crippen LogP contribution >= 0.6 is 0 Å². The molecule has 162 valence electrons. The van der Waals surface area contributed by atoms with E-state index in [1.54, 1.807) is 12.1 Å². The molecule has 0 radical (unpaired) electrons. The molecule has 3 aromatic rings. The zero-order valence-electron chi connectivity index (χ0n) is 18.0. The number of nitrogens with one attached hydrogen (secondary N) is 1. The van der Waals surface area contributed by atoms with Crippen molar-refractivity contribution in [2.45, 2.75) is 26.9 Å². The monoisotopic (exact) mass is 420 g/mol. The lowest BCUT2D eigenvalue weighted by Crippen LogP contribution is -2.35. The van der Waals surface area contributed by atoms with E-state index in [0.29, 0.717) is 17.9 Å². The van der Waals surface area contributed by atoms with Crippen molar-refractivity contribution in [2.75, 3.05) is 38.4 Å². The lowest BCUT2D eigenvalue weighted by molar-refractivity contribution is 0.0338. The van der Waals surface area contributed by atoms with Crippen LogP contribution in [0.15, 0.2) is 36.4 Å². The number of rotatable bonds is 7. The van der Waals surface area contributed by atoms with E-state index in [1.807, 2.05) is 19.1 Å². The van der Waals surface area contributed by atoms with Gasteiger partial charge in [0.05, 0.1) is 42.3 Å². The molecular weight excluding hydrogens is 392 g/mol. The van der Waals surface area contributed by atoms with Crippen LogP contribution in [0.1, 0.15) is 25.0 Å². The molecule has 1 saturated heterocycles. The standard InChI is InChI=1S/C24H28N4O3/c1-3-28-22-14-23(31-4-2)18(16-27-9-11-30-12-10-27)13-20(22)21(15-25)24(28)17-5-7-19(26-29)8-6-17/h5-8,13-14,26,29H,3-4,9-12,16H2,1-2H3. The van der Waals surface area contributed by atoms with Crippen molar-refractivity contribution < 1.29 is 14.7 Å². The molecule has 0 bridgehead atoms. The normalized spacial score (nSPS) is 14.5. The maximum Gasteiger partial charge on any atom is 0.125 e. The van der Waals surface area contributed by atoms with Crippen LogP contribution in [-0.2, 0) is 17.8 Å². The largest absolute Gasteiger partial charge is 0.493 e. The number of aromatic nitrogens is 1.